The molecule has 0 aromatic carbocycles. The van der Waals surface area contributed by atoms with Crippen LogP contribution in [0.3, 0.4) is 0 Å². The van der Waals surface area contributed by atoms with Crippen molar-refractivity contribution >= 4 is 0 Å². The van der Waals surface area contributed by atoms with E-state index in [1.165, 1.54) is 43.3 Å². The molecule has 3 aliphatic carbocycles. The average molecular weight is 368 g/mol. The predicted octanol–water partition coefficient (Wildman–Crippen LogP) is 6.34. The molecule has 0 amide bonds. The SMILES string of the molecule is C=C1/C(=C\C=C2/CCC[C@]3(C)C([C@H](C)CCC#N)CC[C@@H]23)C[C@@H](O)C[C@@H]1C. The van der Waals surface area contributed by atoms with Gasteiger partial charge in [0, 0.05) is 6.42 Å². The molecule has 2 nitrogen and oxygen atoms in total. The van der Waals surface area contributed by atoms with Crippen LogP contribution >= 0.6 is 0 Å². The molecule has 3 rings (SSSR count). The summed E-state index contributed by atoms with van der Waals surface area (Å²) in [6.45, 7) is 11.3. The molecule has 0 spiro atoms. The molecule has 3 saturated carbocycles. The first-order valence-corrected chi connectivity index (χ1v) is 11.0. The van der Waals surface area contributed by atoms with Crippen molar-refractivity contribution in [2.45, 2.75) is 84.7 Å². The van der Waals surface area contributed by atoms with E-state index >= 15 is 0 Å². The first-order valence-electron chi connectivity index (χ1n) is 11.0. The molecular weight excluding hydrogens is 330 g/mol. The minimum absolute atomic E-state index is 0.219. The van der Waals surface area contributed by atoms with E-state index in [0.717, 1.165) is 25.2 Å². The zero-order valence-corrected chi connectivity index (χ0v) is 17.5. The Bertz CT molecular complexity index is 666. The third-order valence-electron chi connectivity index (χ3n) is 8.02. The van der Waals surface area contributed by atoms with Gasteiger partial charge in [0.1, 0.15) is 0 Å². The van der Waals surface area contributed by atoms with Gasteiger partial charge >= 0.3 is 0 Å². The molecule has 6 atom stereocenters. The number of nitriles is 1. The number of rotatable bonds is 4. The van der Waals surface area contributed by atoms with Crippen LogP contribution in [0.15, 0.2) is 35.5 Å². The first-order chi connectivity index (χ1) is 12.9. The van der Waals surface area contributed by atoms with Crippen LogP contribution in [0.4, 0.5) is 0 Å². The molecule has 3 aliphatic rings. The molecule has 0 saturated heterocycles. The fraction of sp³-hybridized carbons (Fsp3) is 0.720. The van der Waals surface area contributed by atoms with Crippen LogP contribution < -0.4 is 0 Å². The van der Waals surface area contributed by atoms with E-state index in [2.05, 4.69) is 45.6 Å². The Balaban J connectivity index is 1.78. The van der Waals surface area contributed by atoms with Gasteiger partial charge in [-0.25, -0.2) is 0 Å². The predicted molar refractivity (Wildman–Crippen MR) is 112 cm³/mol. The maximum atomic E-state index is 10.1. The topological polar surface area (TPSA) is 44.0 Å². The average Bonchev–Trinajstić information content (AvgIpc) is 2.99. The fourth-order valence-electron chi connectivity index (χ4n) is 6.43. The Morgan fingerprint density at radius 1 is 1.37 bits per heavy atom. The maximum Gasteiger partial charge on any atom is 0.0621 e. The molecule has 27 heavy (non-hydrogen) atoms. The summed E-state index contributed by atoms with van der Waals surface area (Å²) in [4.78, 5) is 0. The van der Waals surface area contributed by atoms with Crippen LogP contribution in [0.2, 0.25) is 0 Å². The number of hydrogen-bond donors (Lipinski definition) is 1. The van der Waals surface area contributed by atoms with E-state index in [4.69, 9.17) is 5.26 Å². The van der Waals surface area contributed by atoms with Crippen molar-refractivity contribution in [3.05, 3.63) is 35.5 Å². The van der Waals surface area contributed by atoms with E-state index in [1.54, 1.807) is 5.57 Å². The standard InChI is InChI=1S/C25H37NO/c1-17(7-6-14-26)23-11-12-24-20(8-5-13-25(23,24)4)9-10-21-16-22(27)15-18(2)19(21)3/h9-10,17-18,22-24,27H,3,5-8,11-13,15-16H2,1-2,4H3/b20-9+,21-10-/t17-,18+,22+,23?,24+,25-/m1/s1. The summed E-state index contributed by atoms with van der Waals surface area (Å²) in [6, 6.07) is 2.34. The molecule has 0 bridgehead atoms. The van der Waals surface area contributed by atoms with E-state index in [-0.39, 0.29) is 6.10 Å². The molecule has 0 radical (unpaired) electrons. The monoisotopic (exact) mass is 367 g/mol. The summed E-state index contributed by atoms with van der Waals surface area (Å²) in [6.07, 6.45) is 14.2. The molecule has 0 heterocycles. The van der Waals surface area contributed by atoms with Gasteiger partial charge in [-0.3, -0.25) is 0 Å². The quantitative estimate of drug-likeness (QED) is 0.630. The van der Waals surface area contributed by atoms with Crippen LogP contribution in [0.1, 0.15) is 78.6 Å². The molecule has 0 aliphatic heterocycles. The Morgan fingerprint density at radius 2 is 2.15 bits per heavy atom. The summed E-state index contributed by atoms with van der Waals surface area (Å²) in [7, 11) is 0. The lowest BCUT2D eigenvalue weighted by atomic mass is 9.60. The van der Waals surface area contributed by atoms with Crippen molar-refractivity contribution in [3.8, 4) is 6.07 Å². The van der Waals surface area contributed by atoms with Gasteiger partial charge in [-0.15, -0.1) is 0 Å². The number of fused-ring (bicyclic) bond motifs is 1. The summed E-state index contributed by atoms with van der Waals surface area (Å²) < 4.78 is 0. The van der Waals surface area contributed by atoms with Crippen LogP contribution in [0.5, 0.6) is 0 Å². The van der Waals surface area contributed by atoms with Crippen LogP contribution in [-0.2, 0) is 0 Å². The van der Waals surface area contributed by atoms with Crippen molar-refractivity contribution in [1.82, 2.24) is 0 Å². The highest BCUT2D eigenvalue weighted by molar-refractivity contribution is 5.37. The van der Waals surface area contributed by atoms with Crippen molar-refractivity contribution in [2.75, 3.05) is 0 Å². The Morgan fingerprint density at radius 3 is 2.89 bits per heavy atom. The van der Waals surface area contributed by atoms with Gasteiger partial charge in [0.2, 0.25) is 0 Å². The van der Waals surface area contributed by atoms with Crippen LogP contribution in [0.25, 0.3) is 0 Å². The van der Waals surface area contributed by atoms with Crippen LogP contribution in [-0.4, -0.2) is 11.2 Å². The normalized spacial score (nSPS) is 40.8. The Labute approximate surface area is 166 Å². The lowest BCUT2D eigenvalue weighted by Gasteiger charge is -2.44. The second-order valence-electron chi connectivity index (χ2n) is 9.72. The highest BCUT2D eigenvalue weighted by Crippen LogP contribution is 2.59. The largest absolute Gasteiger partial charge is 0.393 e. The number of aliphatic hydroxyl groups excluding tert-OH is 1. The summed E-state index contributed by atoms with van der Waals surface area (Å²) in [5.41, 5.74) is 4.48. The van der Waals surface area contributed by atoms with Gasteiger partial charge in [0.25, 0.3) is 0 Å². The van der Waals surface area contributed by atoms with E-state index in [0.29, 0.717) is 29.6 Å². The first kappa shape index (κ1) is 20.4. The minimum atomic E-state index is -0.219. The third-order valence-corrected chi connectivity index (χ3v) is 8.02. The van der Waals surface area contributed by atoms with Crippen molar-refractivity contribution < 1.29 is 5.11 Å². The molecule has 2 heteroatoms. The number of allylic oxidation sites excluding steroid dienone is 4. The molecule has 0 aromatic heterocycles. The molecule has 1 unspecified atom stereocenters. The van der Waals surface area contributed by atoms with Crippen molar-refractivity contribution in [2.24, 2.45) is 29.1 Å². The maximum absolute atomic E-state index is 10.1. The lowest BCUT2D eigenvalue weighted by Crippen LogP contribution is -2.36. The highest BCUT2D eigenvalue weighted by Gasteiger charge is 2.50. The summed E-state index contributed by atoms with van der Waals surface area (Å²) in [5.74, 6) is 2.47. The van der Waals surface area contributed by atoms with Crippen LogP contribution in [0, 0.1) is 40.4 Å². The lowest BCUT2D eigenvalue weighted by molar-refractivity contribution is 0.0948. The summed E-state index contributed by atoms with van der Waals surface area (Å²) in [5, 5.41) is 19.1. The van der Waals surface area contributed by atoms with E-state index in [1.807, 2.05) is 0 Å². The molecular formula is C25H37NO. The molecule has 148 valence electrons. The fourth-order valence-corrected chi connectivity index (χ4v) is 6.43. The highest BCUT2D eigenvalue weighted by atomic mass is 16.3. The van der Waals surface area contributed by atoms with E-state index in [9.17, 15) is 5.11 Å². The number of hydrogen-bond acceptors (Lipinski definition) is 2. The second kappa shape index (κ2) is 8.36. The Hall–Kier alpha value is -1.33. The molecule has 3 fully saturated rings. The smallest absolute Gasteiger partial charge is 0.0621 e. The Kier molecular flexibility index (Phi) is 6.32. The van der Waals surface area contributed by atoms with Crippen molar-refractivity contribution in [1.29, 1.82) is 5.26 Å². The van der Waals surface area contributed by atoms with Gasteiger partial charge in [0.05, 0.1) is 12.2 Å². The number of aliphatic hydroxyl groups is 1. The second-order valence-corrected chi connectivity index (χ2v) is 9.72. The van der Waals surface area contributed by atoms with Gasteiger partial charge in [-0.2, -0.15) is 5.26 Å². The zero-order valence-electron chi connectivity index (χ0n) is 17.5. The van der Waals surface area contributed by atoms with Gasteiger partial charge < -0.3 is 5.11 Å². The van der Waals surface area contributed by atoms with Gasteiger partial charge in [0.15, 0.2) is 0 Å². The van der Waals surface area contributed by atoms with E-state index < -0.39 is 0 Å². The summed E-state index contributed by atoms with van der Waals surface area (Å²) >= 11 is 0. The molecule has 0 aromatic rings. The number of nitrogens with zero attached hydrogens (tertiary/aromatic N) is 1. The van der Waals surface area contributed by atoms with Gasteiger partial charge in [-0.05, 0) is 91.6 Å². The van der Waals surface area contributed by atoms with Gasteiger partial charge in [-0.1, -0.05) is 45.1 Å². The van der Waals surface area contributed by atoms with Crippen molar-refractivity contribution in [3.63, 3.8) is 0 Å². The minimum Gasteiger partial charge on any atom is -0.393 e. The zero-order chi connectivity index (χ0) is 19.6. The third kappa shape index (κ3) is 4.09. The molecule has 1 N–H and O–H groups in total.